The summed E-state index contributed by atoms with van der Waals surface area (Å²) in [5.74, 6) is -2.99. The Labute approximate surface area is 66.7 Å². The summed E-state index contributed by atoms with van der Waals surface area (Å²) in [7, 11) is 0. The second-order valence-electron chi connectivity index (χ2n) is 1.94. The van der Waals surface area contributed by atoms with Crippen molar-refractivity contribution in [2.75, 3.05) is 0 Å². The van der Waals surface area contributed by atoms with Crippen LogP contribution in [0.5, 0.6) is 0 Å². The Bertz CT molecular complexity index is 290. The second-order valence-corrected chi connectivity index (χ2v) is 1.94. The quantitative estimate of drug-likeness (QED) is 0.516. The average molecular weight is 171 g/mol. The topological polar surface area (TPSA) is 95.9 Å². The van der Waals surface area contributed by atoms with E-state index in [-0.39, 0.29) is 5.57 Å². The van der Waals surface area contributed by atoms with Crippen molar-refractivity contribution < 1.29 is 24.6 Å². The Morgan fingerprint density at radius 2 is 2.00 bits per heavy atom. The van der Waals surface area contributed by atoms with Gasteiger partial charge in [-0.25, -0.2) is 15.1 Å². The molecule has 0 aromatic rings. The molecule has 0 saturated heterocycles. The third kappa shape index (κ3) is 1.54. The van der Waals surface area contributed by atoms with Crippen LogP contribution in [0.25, 0.3) is 0 Å². The molecule has 0 bridgehead atoms. The summed E-state index contributed by atoms with van der Waals surface area (Å²) in [6, 6.07) is 0. The Hall–Kier alpha value is -1.98. The highest BCUT2D eigenvalue weighted by Gasteiger charge is 2.17. The first-order chi connectivity index (χ1) is 5.61. The zero-order valence-electron chi connectivity index (χ0n) is 5.77. The van der Waals surface area contributed by atoms with Crippen molar-refractivity contribution in [1.29, 1.82) is 0 Å². The van der Waals surface area contributed by atoms with Gasteiger partial charge in [0.1, 0.15) is 0 Å². The summed E-state index contributed by atoms with van der Waals surface area (Å²) in [4.78, 5) is 25.0. The summed E-state index contributed by atoms with van der Waals surface area (Å²) in [5.41, 5.74) is 1.89. The molecule has 1 heterocycles. The standard InChI is InChI=1S/C6H5NO5/c8-5(9)3-1-4(6(10)11)12-7-2-3/h1-2,7H,(H,8,9)(H,10,11). The minimum absolute atomic E-state index is 0.168. The lowest BCUT2D eigenvalue weighted by Crippen LogP contribution is -2.19. The lowest BCUT2D eigenvalue weighted by Gasteiger charge is -2.09. The van der Waals surface area contributed by atoms with Crippen LogP contribution >= 0.6 is 0 Å². The Morgan fingerprint density at radius 1 is 1.33 bits per heavy atom. The van der Waals surface area contributed by atoms with E-state index in [1.54, 1.807) is 0 Å². The molecule has 1 aliphatic rings. The molecule has 1 aliphatic heterocycles. The van der Waals surface area contributed by atoms with Crippen LogP contribution in [0.3, 0.4) is 0 Å². The summed E-state index contributed by atoms with van der Waals surface area (Å²) in [6.45, 7) is 0. The van der Waals surface area contributed by atoms with Gasteiger partial charge in [-0.15, -0.1) is 0 Å². The van der Waals surface area contributed by atoms with Crippen LogP contribution in [0.1, 0.15) is 0 Å². The Morgan fingerprint density at radius 3 is 2.50 bits per heavy atom. The van der Waals surface area contributed by atoms with E-state index in [1.807, 2.05) is 0 Å². The van der Waals surface area contributed by atoms with Crippen molar-refractivity contribution in [2.45, 2.75) is 0 Å². The average Bonchev–Trinajstić information content (AvgIpc) is 2.04. The molecule has 6 heteroatoms. The van der Waals surface area contributed by atoms with Crippen molar-refractivity contribution in [3.8, 4) is 0 Å². The van der Waals surface area contributed by atoms with E-state index in [2.05, 4.69) is 10.3 Å². The first-order valence-electron chi connectivity index (χ1n) is 2.92. The molecule has 1 rings (SSSR count). The van der Waals surface area contributed by atoms with Crippen molar-refractivity contribution in [2.24, 2.45) is 0 Å². The lowest BCUT2D eigenvalue weighted by atomic mass is 10.2. The highest BCUT2D eigenvalue weighted by atomic mass is 16.7. The van der Waals surface area contributed by atoms with Crippen molar-refractivity contribution in [1.82, 2.24) is 5.48 Å². The van der Waals surface area contributed by atoms with Gasteiger partial charge in [-0.1, -0.05) is 0 Å². The summed E-state index contributed by atoms with van der Waals surface area (Å²) in [5, 5.41) is 16.8. The molecule has 6 nitrogen and oxygen atoms in total. The third-order valence-corrected chi connectivity index (χ3v) is 1.13. The van der Waals surface area contributed by atoms with Gasteiger partial charge in [0.15, 0.2) is 0 Å². The van der Waals surface area contributed by atoms with E-state index < -0.39 is 17.7 Å². The molecule has 0 aromatic heterocycles. The minimum atomic E-state index is -1.32. The normalized spacial score (nSPS) is 15.0. The van der Waals surface area contributed by atoms with Gasteiger partial charge in [0.25, 0.3) is 0 Å². The number of nitrogens with one attached hydrogen (secondary N) is 1. The molecule has 0 amide bonds. The second kappa shape index (κ2) is 2.95. The number of carbonyl (C=O) groups is 2. The van der Waals surface area contributed by atoms with Crippen LogP contribution in [0.4, 0.5) is 0 Å². The number of carboxylic acids is 2. The SMILES string of the molecule is O=C(O)C1=CNOC(C(=O)O)=C1. The largest absolute Gasteiger partial charge is 0.478 e. The van der Waals surface area contributed by atoms with Crippen molar-refractivity contribution in [3.05, 3.63) is 23.6 Å². The maximum Gasteiger partial charge on any atom is 0.374 e. The van der Waals surface area contributed by atoms with Gasteiger partial charge in [-0.3, -0.25) is 0 Å². The molecule has 0 aromatic carbocycles. The molecule has 0 aliphatic carbocycles. The minimum Gasteiger partial charge on any atom is -0.478 e. The maximum atomic E-state index is 10.3. The molecular formula is C6H5NO5. The summed E-state index contributed by atoms with van der Waals surface area (Å²) < 4.78 is 0. The first kappa shape index (κ1) is 8.12. The highest BCUT2D eigenvalue weighted by Crippen LogP contribution is 2.07. The van der Waals surface area contributed by atoms with Crippen LogP contribution < -0.4 is 5.48 Å². The number of carboxylic acid groups (broad SMARTS) is 2. The van der Waals surface area contributed by atoms with Crippen molar-refractivity contribution >= 4 is 11.9 Å². The summed E-state index contributed by atoms with van der Waals surface area (Å²) in [6.07, 6.45) is 1.97. The monoisotopic (exact) mass is 171 g/mol. The molecule has 0 radical (unpaired) electrons. The van der Waals surface area contributed by atoms with Gasteiger partial charge in [-0.05, 0) is 0 Å². The van der Waals surface area contributed by atoms with Crippen LogP contribution in [0.2, 0.25) is 0 Å². The van der Waals surface area contributed by atoms with E-state index in [9.17, 15) is 9.59 Å². The molecule has 12 heavy (non-hydrogen) atoms. The third-order valence-electron chi connectivity index (χ3n) is 1.13. The zero-order valence-corrected chi connectivity index (χ0v) is 5.77. The van der Waals surface area contributed by atoms with Crippen LogP contribution in [-0.4, -0.2) is 22.2 Å². The molecular weight excluding hydrogens is 166 g/mol. The van der Waals surface area contributed by atoms with Gasteiger partial charge in [-0.2, -0.15) is 0 Å². The van der Waals surface area contributed by atoms with Gasteiger partial charge < -0.3 is 15.1 Å². The predicted molar refractivity (Wildman–Crippen MR) is 35.7 cm³/mol. The number of rotatable bonds is 2. The molecule has 0 spiro atoms. The zero-order chi connectivity index (χ0) is 9.14. The fraction of sp³-hybridized carbons (Fsp3) is 0. The molecule has 3 N–H and O–H groups in total. The van der Waals surface area contributed by atoms with Crippen LogP contribution in [0.15, 0.2) is 23.6 Å². The first-order valence-corrected chi connectivity index (χ1v) is 2.92. The van der Waals surface area contributed by atoms with Gasteiger partial charge in [0, 0.05) is 6.08 Å². The van der Waals surface area contributed by atoms with E-state index in [1.165, 1.54) is 0 Å². The molecule has 64 valence electrons. The Kier molecular flexibility index (Phi) is 2.00. The lowest BCUT2D eigenvalue weighted by molar-refractivity contribution is -0.137. The molecule has 0 fully saturated rings. The fourth-order valence-electron chi connectivity index (χ4n) is 0.598. The number of aliphatic carboxylic acids is 2. The maximum absolute atomic E-state index is 10.3. The van der Waals surface area contributed by atoms with Gasteiger partial charge >= 0.3 is 11.9 Å². The fourth-order valence-corrected chi connectivity index (χ4v) is 0.598. The van der Waals surface area contributed by atoms with E-state index in [0.717, 1.165) is 12.3 Å². The van der Waals surface area contributed by atoms with E-state index >= 15 is 0 Å². The number of hydrogen-bond donors (Lipinski definition) is 3. The highest BCUT2D eigenvalue weighted by molar-refractivity contribution is 5.94. The predicted octanol–water partition coefficient (Wildman–Crippen LogP) is -0.542. The Balaban J connectivity index is 2.88. The molecule has 0 atom stereocenters. The summed E-state index contributed by atoms with van der Waals surface area (Å²) >= 11 is 0. The van der Waals surface area contributed by atoms with Crippen LogP contribution in [-0.2, 0) is 14.4 Å². The van der Waals surface area contributed by atoms with Crippen LogP contribution in [0, 0.1) is 0 Å². The van der Waals surface area contributed by atoms with E-state index in [0.29, 0.717) is 0 Å². The van der Waals surface area contributed by atoms with Crippen molar-refractivity contribution in [3.63, 3.8) is 0 Å². The number of hydrogen-bond acceptors (Lipinski definition) is 4. The van der Waals surface area contributed by atoms with Gasteiger partial charge in [0.2, 0.25) is 5.76 Å². The van der Waals surface area contributed by atoms with Gasteiger partial charge in [0.05, 0.1) is 11.8 Å². The molecule has 0 saturated carbocycles. The smallest absolute Gasteiger partial charge is 0.374 e. The van der Waals surface area contributed by atoms with E-state index in [4.69, 9.17) is 10.2 Å². The number of hydroxylamine groups is 1. The molecule has 0 unspecified atom stereocenters.